The standard InChI is InChI=1S/C19H33NO4/c21-18(22)13-16-5-2-10-20-11-8-15(6-7-16)3-1-4-17(9-12-20)14-19(23)24/h15-17H,1-14H2,(H,21,22)(H,23,24). The molecule has 0 saturated carbocycles. The van der Waals surface area contributed by atoms with Gasteiger partial charge in [0.1, 0.15) is 0 Å². The van der Waals surface area contributed by atoms with Crippen molar-refractivity contribution in [2.45, 2.75) is 70.6 Å². The zero-order chi connectivity index (χ0) is 17.4. The number of carboxylic acids is 2. The van der Waals surface area contributed by atoms with Gasteiger partial charge < -0.3 is 15.1 Å². The Labute approximate surface area is 145 Å². The average molecular weight is 339 g/mol. The molecule has 4 unspecified atom stereocenters. The number of nitrogens with zero attached hydrogens (tertiary/aromatic N) is 1. The van der Waals surface area contributed by atoms with E-state index in [1.165, 1.54) is 12.8 Å². The minimum atomic E-state index is -0.669. The minimum absolute atomic E-state index is 0.305. The summed E-state index contributed by atoms with van der Waals surface area (Å²) in [6.07, 6.45) is 10.4. The van der Waals surface area contributed by atoms with Crippen molar-refractivity contribution < 1.29 is 19.8 Å². The SMILES string of the molecule is O=C(O)CC1CCCN2CCC(CCCC(CC(=O)O)CC2)CC1. The Kier molecular flexibility index (Phi) is 8.03. The van der Waals surface area contributed by atoms with Gasteiger partial charge in [-0.2, -0.15) is 0 Å². The molecule has 2 bridgehead atoms. The van der Waals surface area contributed by atoms with Gasteiger partial charge in [-0.15, -0.1) is 0 Å². The van der Waals surface area contributed by atoms with Crippen LogP contribution in [0, 0.1) is 17.8 Å². The molecular formula is C19H33NO4. The maximum atomic E-state index is 11.1. The molecule has 2 heterocycles. The second-order valence-electron chi connectivity index (χ2n) is 7.86. The monoisotopic (exact) mass is 339 g/mol. The zero-order valence-corrected chi connectivity index (χ0v) is 14.8. The highest BCUT2D eigenvalue weighted by atomic mass is 16.4. The molecule has 2 aliphatic rings. The van der Waals surface area contributed by atoms with E-state index in [1.54, 1.807) is 0 Å². The van der Waals surface area contributed by atoms with E-state index in [2.05, 4.69) is 4.90 Å². The van der Waals surface area contributed by atoms with Crippen LogP contribution in [-0.2, 0) is 9.59 Å². The molecule has 0 radical (unpaired) electrons. The van der Waals surface area contributed by atoms with Crippen molar-refractivity contribution in [3.8, 4) is 0 Å². The molecule has 2 rings (SSSR count). The van der Waals surface area contributed by atoms with Gasteiger partial charge in [-0.3, -0.25) is 9.59 Å². The molecule has 2 N–H and O–H groups in total. The third kappa shape index (κ3) is 7.20. The summed E-state index contributed by atoms with van der Waals surface area (Å²) >= 11 is 0. The van der Waals surface area contributed by atoms with Crippen LogP contribution in [0.5, 0.6) is 0 Å². The number of rotatable bonds is 4. The molecule has 0 spiro atoms. The number of hydrogen-bond donors (Lipinski definition) is 2. The molecule has 0 aliphatic carbocycles. The third-order valence-corrected chi connectivity index (χ3v) is 5.93. The summed E-state index contributed by atoms with van der Waals surface area (Å²) in [5, 5.41) is 18.2. The van der Waals surface area contributed by atoms with Crippen LogP contribution in [0.2, 0.25) is 0 Å². The minimum Gasteiger partial charge on any atom is -0.481 e. The lowest BCUT2D eigenvalue weighted by Gasteiger charge is -2.31. The Bertz CT molecular complexity index is 374. The summed E-state index contributed by atoms with van der Waals surface area (Å²) < 4.78 is 0. The van der Waals surface area contributed by atoms with Gasteiger partial charge in [0.25, 0.3) is 0 Å². The number of carbonyl (C=O) groups is 2. The molecule has 24 heavy (non-hydrogen) atoms. The number of fused-ring (bicyclic) bond motifs is 3. The van der Waals surface area contributed by atoms with Crippen LogP contribution in [0.1, 0.15) is 70.6 Å². The summed E-state index contributed by atoms with van der Waals surface area (Å²) in [7, 11) is 0. The van der Waals surface area contributed by atoms with Crippen molar-refractivity contribution in [1.29, 1.82) is 0 Å². The Morgan fingerprint density at radius 1 is 0.708 bits per heavy atom. The Balaban J connectivity index is 1.96. The molecule has 138 valence electrons. The van der Waals surface area contributed by atoms with Crippen molar-refractivity contribution in [2.75, 3.05) is 19.6 Å². The van der Waals surface area contributed by atoms with Crippen LogP contribution in [0.4, 0.5) is 0 Å². The molecule has 0 aromatic heterocycles. The van der Waals surface area contributed by atoms with Crippen LogP contribution >= 0.6 is 0 Å². The lowest BCUT2D eigenvalue weighted by molar-refractivity contribution is -0.139. The summed E-state index contributed by atoms with van der Waals surface area (Å²) in [5.74, 6) is -0.0227. The molecule has 2 saturated heterocycles. The molecule has 0 aromatic rings. The first-order chi connectivity index (χ1) is 11.5. The molecule has 2 aliphatic heterocycles. The van der Waals surface area contributed by atoms with E-state index in [0.29, 0.717) is 30.6 Å². The van der Waals surface area contributed by atoms with E-state index in [1.807, 2.05) is 0 Å². The molecule has 5 heteroatoms. The number of aliphatic carboxylic acids is 2. The fraction of sp³-hybridized carbons (Fsp3) is 0.895. The van der Waals surface area contributed by atoms with E-state index < -0.39 is 11.9 Å². The van der Waals surface area contributed by atoms with E-state index in [9.17, 15) is 9.59 Å². The predicted molar refractivity (Wildman–Crippen MR) is 93.0 cm³/mol. The third-order valence-electron chi connectivity index (χ3n) is 5.93. The van der Waals surface area contributed by atoms with E-state index in [0.717, 1.165) is 64.6 Å². The van der Waals surface area contributed by atoms with Gasteiger partial charge in [0, 0.05) is 12.8 Å². The highest BCUT2D eigenvalue weighted by Crippen LogP contribution is 2.30. The maximum absolute atomic E-state index is 11.1. The van der Waals surface area contributed by atoms with Crippen molar-refractivity contribution >= 4 is 11.9 Å². The summed E-state index contributed by atoms with van der Waals surface area (Å²) in [4.78, 5) is 24.6. The van der Waals surface area contributed by atoms with Gasteiger partial charge in [-0.1, -0.05) is 19.3 Å². The van der Waals surface area contributed by atoms with Gasteiger partial charge in [-0.25, -0.2) is 0 Å². The quantitative estimate of drug-likeness (QED) is 0.818. The van der Waals surface area contributed by atoms with Gasteiger partial charge in [-0.05, 0) is 75.9 Å². The first-order valence-electron chi connectivity index (χ1n) is 9.69. The van der Waals surface area contributed by atoms with E-state index in [-0.39, 0.29) is 0 Å². The highest BCUT2D eigenvalue weighted by molar-refractivity contribution is 5.67. The Morgan fingerprint density at radius 2 is 1.33 bits per heavy atom. The van der Waals surface area contributed by atoms with Crippen LogP contribution in [0.3, 0.4) is 0 Å². The van der Waals surface area contributed by atoms with E-state index >= 15 is 0 Å². The van der Waals surface area contributed by atoms with Gasteiger partial charge in [0.05, 0.1) is 0 Å². The fourth-order valence-electron chi connectivity index (χ4n) is 4.46. The topological polar surface area (TPSA) is 77.8 Å². The normalized spacial score (nSPS) is 32.8. The second-order valence-corrected chi connectivity index (χ2v) is 7.86. The number of carboxylic acid groups (broad SMARTS) is 2. The zero-order valence-electron chi connectivity index (χ0n) is 14.8. The van der Waals surface area contributed by atoms with Crippen molar-refractivity contribution in [2.24, 2.45) is 17.8 Å². The maximum Gasteiger partial charge on any atom is 0.303 e. The van der Waals surface area contributed by atoms with E-state index in [4.69, 9.17) is 10.2 Å². The summed E-state index contributed by atoms with van der Waals surface area (Å²) in [6, 6.07) is 0. The Morgan fingerprint density at radius 3 is 2.04 bits per heavy atom. The molecule has 0 amide bonds. The predicted octanol–water partition coefficient (Wildman–Crippen LogP) is 3.62. The van der Waals surface area contributed by atoms with Gasteiger partial charge in [0.15, 0.2) is 0 Å². The molecule has 4 atom stereocenters. The van der Waals surface area contributed by atoms with Crippen LogP contribution in [0.15, 0.2) is 0 Å². The molecule has 5 nitrogen and oxygen atoms in total. The highest BCUT2D eigenvalue weighted by Gasteiger charge is 2.23. The van der Waals surface area contributed by atoms with Gasteiger partial charge in [0.2, 0.25) is 0 Å². The van der Waals surface area contributed by atoms with Crippen molar-refractivity contribution in [1.82, 2.24) is 4.90 Å². The van der Waals surface area contributed by atoms with Crippen LogP contribution < -0.4 is 0 Å². The largest absolute Gasteiger partial charge is 0.481 e. The average Bonchev–Trinajstić information content (AvgIpc) is 2.51. The van der Waals surface area contributed by atoms with Gasteiger partial charge >= 0.3 is 11.9 Å². The molecule has 2 fully saturated rings. The summed E-state index contributed by atoms with van der Waals surface area (Å²) in [5.41, 5.74) is 0. The number of hydrogen-bond acceptors (Lipinski definition) is 3. The lowest BCUT2D eigenvalue weighted by Crippen LogP contribution is -2.32. The van der Waals surface area contributed by atoms with Crippen LogP contribution in [-0.4, -0.2) is 46.7 Å². The smallest absolute Gasteiger partial charge is 0.303 e. The van der Waals surface area contributed by atoms with Crippen LogP contribution in [0.25, 0.3) is 0 Å². The first kappa shape index (κ1) is 19.2. The molecule has 0 aromatic carbocycles. The molecular weight excluding hydrogens is 306 g/mol. The summed E-state index contributed by atoms with van der Waals surface area (Å²) in [6.45, 7) is 3.14. The second kappa shape index (κ2) is 10.0. The van der Waals surface area contributed by atoms with Crippen molar-refractivity contribution in [3.63, 3.8) is 0 Å². The Hall–Kier alpha value is -1.10. The van der Waals surface area contributed by atoms with Crippen molar-refractivity contribution in [3.05, 3.63) is 0 Å². The lowest BCUT2D eigenvalue weighted by atomic mass is 9.83. The first-order valence-corrected chi connectivity index (χ1v) is 9.69. The fourth-order valence-corrected chi connectivity index (χ4v) is 4.46.